The van der Waals surface area contributed by atoms with Gasteiger partial charge in [0.25, 0.3) is 0 Å². The van der Waals surface area contributed by atoms with Crippen LogP contribution in [-0.2, 0) is 6.61 Å². The smallest absolute Gasteiger partial charge is 0.343 e. The minimum Gasteiger partial charge on any atom is -0.507 e. The third-order valence-electron chi connectivity index (χ3n) is 4.59. The fourth-order valence-electron chi connectivity index (χ4n) is 2.93. The standard InChI is InChI=1S/C22H17FO5/c1-12-20(24)13(2)22(25)28-21(12)19-9-15-5-8-17(10-18(15)27-19)26-11-14-3-6-16(23)7-4-14/h3-10,24H,11H2,1-2H3. The van der Waals surface area contributed by atoms with Crippen LogP contribution in [0.2, 0.25) is 0 Å². The van der Waals surface area contributed by atoms with Gasteiger partial charge in [-0.25, -0.2) is 9.18 Å². The van der Waals surface area contributed by atoms with Crippen LogP contribution in [0, 0.1) is 19.7 Å². The molecule has 0 amide bonds. The highest BCUT2D eigenvalue weighted by molar-refractivity contribution is 5.83. The molecule has 0 saturated carbocycles. The third-order valence-corrected chi connectivity index (χ3v) is 4.59. The fourth-order valence-corrected chi connectivity index (χ4v) is 2.93. The van der Waals surface area contributed by atoms with Crippen LogP contribution in [0.15, 0.2) is 62.2 Å². The highest BCUT2D eigenvalue weighted by Crippen LogP contribution is 2.34. The second-order valence-corrected chi connectivity index (χ2v) is 6.54. The Bertz CT molecular complexity index is 1220. The van der Waals surface area contributed by atoms with Crippen molar-refractivity contribution in [3.05, 3.63) is 81.5 Å². The van der Waals surface area contributed by atoms with E-state index in [-0.39, 0.29) is 22.9 Å². The summed E-state index contributed by atoms with van der Waals surface area (Å²) >= 11 is 0. The molecule has 142 valence electrons. The van der Waals surface area contributed by atoms with Crippen LogP contribution >= 0.6 is 0 Å². The molecule has 0 aliphatic carbocycles. The molecule has 0 atom stereocenters. The lowest BCUT2D eigenvalue weighted by molar-refractivity contribution is 0.306. The number of hydrogen-bond donors (Lipinski definition) is 1. The Morgan fingerprint density at radius 1 is 1.00 bits per heavy atom. The van der Waals surface area contributed by atoms with Gasteiger partial charge in [-0.1, -0.05) is 12.1 Å². The van der Waals surface area contributed by atoms with Gasteiger partial charge in [-0.05, 0) is 49.7 Å². The summed E-state index contributed by atoms with van der Waals surface area (Å²) in [4.78, 5) is 11.9. The molecule has 0 saturated heterocycles. The van der Waals surface area contributed by atoms with Crippen molar-refractivity contribution in [3.63, 3.8) is 0 Å². The molecule has 2 heterocycles. The average Bonchev–Trinajstić information content (AvgIpc) is 3.11. The molecule has 0 spiro atoms. The lowest BCUT2D eigenvalue weighted by Crippen LogP contribution is -2.05. The summed E-state index contributed by atoms with van der Waals surface area (Å²) in [6, 6.07) is 13.2. The van der Waals surface area contributed by atoms with Crippen molar-refractivity contribution in [2.45, 2.75) is 20.5 Å². The van der Waals surface area contributed by atoms with Gasteiger partial charge in [0.15, 0.2) is 11.5 Å². The largest absolute Gasteiger partial charge is 0.507 e. The molecule has 2 aromatic carbocycles. The van der Waals surface area contributed by atoms with E-state index < -0.39 is 5.63 Å². The zero-order valence-corrected chi connectivity index (χ0v) is 15.3. The van der Waals surface area contributed by atoms with E-state index in [4.69, 9.17) is 13.6 Å². The van der Waals surface area contributed by atoms with E-state index in [0.717, 1.165) is 10.9 Å². The van der Waals surface area contributed by atoms with Gasteiger partial charge in [-0.2, -0.15) is 0 Å². The number of benzene rings is 2. The zero-order valence-electron chi connectivity index (χ0n) is 15.3. The van der Waals surface area contributed by atoms with Gasteiger partial charge >= 0.3 is 5.63 Å². The molecule has 1 N–H and O–H groups in total. The average molecular weight is 380 g/mol. The molecular formula is C22H17FO5. The Morgan fingerprint density at radius 2 is 1.75 bits per heavy atom. The van der Waals surface area contributed by atoms with Gasteiger partial charge in [0.2, 0.25) is 0 Å². The van der Waals surface area contributed by atoms with Crippen LogP contribution in [0.4, 0.5) is 4.39 Å². The summed E-state index contributed by atoms with van der Waals surface area (Å²) in [5.41, 5.74) is 1.38. The van der Waals surface area contributed by atoms with Crippen molar-refractivity contribution in [3.8, 4) is 23.0 Å². The zero-order chi connectivity index (χ0) is 19.8. The minimum absolute atomic E-state index is 0.102. The number of ether oxygens (including phenoxy) is 1. The first-order valence-corrected chi connectivity index (χ1v) is 8.67. The number of rotatable bonds is 4. The van der Waals surface area contributed by atoms with E-state index in [9.17, 15) is 14.3 Å². The fraction of sp³-hybridized carbons (Fsp3) is 0.136. The first-order valence-electron chi connectivity index (χ1n) is 8.67. The lowest BCUT2D eigenvalue weighted by atomic mass is 10.1. The Labute approximate surface area is 159 Å². The van der Waals surface area contributed by atoms with E-state index in [1.165, 1.54) is 19.1 Å². The predicted molar refractivity (Wildman–Crippen MR) is 102 cm³/mol. The second kappa shape index (κ2) is 6.88. The quantitative estimate of drug-likeness (QED) is 0.534. The van der Waals surface area contributed by atoms with Crippen molar-refractivity contribution < 1.29 is 23.1 Å². The van der Waals surface area contributed by atoms with E-state index in [1.54, 1.807) is 37.3 Å². The molecule has 4 rings (SSSR count). The summed E-state index contributed by atoms with van der Waals surface area (Å²) < 4.78 is 29.8. The normalized spacial score (nSPS) is 11.1. The van der Waals surface area contributed by atoms with E-state index in [2.05, 4.69) is 0 Å². The van der Waals surface area contributed by atoms with Crippen molar-refractivity contribution >= 4 is 11.0 Å². The highest BCUT2D eigenvalue weighted by atomic mass is 19.1. The maximum Gasteiger partial charge on any atom is 0.343 e. The number of fused-ring (bicyclic) bond motifs is 1. The molecule has 0 aliphatic rings. The van der Waals surface area contributed by atoms with Crippen LogP contribution in [-0.4, -0.2) is 5.11 Å². The summed E-state index contributed by atoms with van der Waals surface area (Å²) in [5.74, 6) is 0.726. The molecule has 0 aliphatic heterocycles. The van der Waals surface area contributed by atoms with Crippen LogP contribution in [0.25, 0.3) is 22.5 Å². The molecule has 6 heteroatoms. The number of aromatic hydroxyl groups is 1. The molecule has 2 aromatic heterocycles. The number of furan rings is 1. The van der Waals surface area contributed by atoms with Crippen LogP contribution in [0.1, 0.15) is 16.7 Å². The Morgan fingerprint density at radius 3 is 2.50 bits per heavy atom. The van der Waals surface area contributed by atoms with Crippen molar-refractivity contribution in [2.75, 3.05) is 0 Å². The minimum atomic E-state index is -0.609. The van der Waals surface area contributed by atoms with Crippen LogP contribution < -0.4 is 10.4 Å². The molecule has 0 radical (unpaired) electrons. The van der Waals surface area contributed by atoms with Gasteiger partial charge in [-0.3, -0.25) is 0 Å². The summed E-state index contributed by atoms with van der Waals surface area (Å²) in [6.07, 6.45) is 0. The van der Waals surface area contributed by atoms with Crippen molar-refractivity contribution in [2.24, 2.45) is 0 Å². The Balaban J connectivity index is 1.64. The molecule has 0 fully saturated rings. The molecule has 4 aromatic rings. The SMILES string of the molecule is Cc1c(-c2cc3ccc(OCc4ccc(F)cc4)cc3o2)oc(=O)c(C)c1O. The van der Waals surface area contributed by atoms with Gasteiger partial charge in [0, 0.05) is 17.0 Å². The number of hydrogen-bond acceptors (Lipinski definition) is 5. The number of halogens is 1. The molecule has 5 nitrogen and oxygen atoms in total. The first kappa shape index (κ1) is 17.9. The van der Waals surface area contributed by atoms with E-state index in [1.807, 2.05) is 6.07 Å². The molecule has 28 heavy (non-hydrogen) atoms. The van der Waals surface area contributed by atoms with E-state index >= 15 is 0 Å². The van der Waals surface area contributed by atoms with E-state index in [0.29, 0.717) is 29.3 Å². The highest BCUT2D eigenvalue weighted by Gasteiger charge is 2.18. The van der Waals surface area contributed by atoms with Crippen LogP contribution in [0.5, 0.6) is 11.5 Å². The maximum absolute atomic E-state index is 13.0. The molecule has 0 unspecified atom stereocenters. The van der Waals surface area contributed by atoms with Gasteiger partial charge < -0.3 is 18.7 Å². The summed E-state index contributed by atoms with van der Waals surface area (Å²) in [5, 5.41) is 10.9. The Hall–Kier alpha value is -3.54. The second-order valence-electron chi connectivity index (χ2n) is 6.54. The van der Waals surface area contributed by atoms with Gasteiger partial charge in [0.1, 0.15) is 29.5 Å². The monoisotopic (exact) mass is 380 g/mol. The topological polar surface area (TPSA) is 72.8 Å². The predicted octanol–water partition coefficient (Wildman–Crippen LogP) is 5.09. The molecule has 0 bridgehead atoms. The van der Waals surface area contributed by atoms with Gasteiger partial charge in [0.05, 0.1) is 5.56 Å². The lowest BCUT2D eigenvalue weighted by Gasteiger charge is -2.06. The third kappa shape index (κ3) is 3.24. The van der Waals surface area contributed by atoms with Crippen molar-refractivity contribution in [1.29, 1.82) is 0 Å². The molecular weight excluding hydrogens is 363 g/mol. The van der Waals surface area contributed by atoms with Crippen LogP contribution in [0.3, 0.4) is 0 Å². The summed E-state index contributed by atoms with van der Waals surface area (Å²) in [6.45, 7) is 3.45. The van der Waals surface area contributed by atoms with Crippen molar-refractivity contribution in [1.82, 2.24) is 0 Å². The summed E-state index contributed by atoms with van der Waals surface area (Å²) in [7, 11) is 0. The first-order chi connectivity index (χ1) is 13.4. The Kier molecular flexibility index (Phi) is 4.39. The van der Waals surface area contributed by atoms with Gasteiger partial charge in [-0.15, -0.1) is 0 Å². The maximum atomic E-state index is 13.0.